The first-order chi connectivity index (χ1) is 14.0. The van der Waals surface area contributed by atoms with Gasteiger partial charge in [0.15, 0.2) is 0 Å². The third-order valence-electron chi connectivity index (χ3n) is 6.38. The molecule has 0 saturated carbocycles. The van der Waals surface area contributed by atoms with E-state index in [0.717, 1.165) is 32.4 Å². The minimum Gasteiger partial charge on any atom is -0.342 e. The van der Waals surface area contributed by atoms with Gasteiger partial charge in [0.2, 0.25) is 11.8 Å². The molecular weight excluding hydrogens is 366 g/mol. The molecule has 0 unspecified atom stereocenters. The summed E-state index contributed by atoms with van der Waals surface area (Å²) < 4.78 is 0. The summed E-state index contributed by atoms with van der Waals surface area (Å²) in [5.74, 6) is 0.0710. The molecule has 0 radical (unpaired) electrons. The lowest BCUT2D eigenvalue weighted by atomic mass is 9.92. The van der Waals surface area contributed by atoms with Crippen LogP contribution in [-0.4, -0.2) is 59.7 Å². The second kappa shape index (κ2) is 9.90. The second-order valence-electron chi connectivity index (χ2n) is 8.33. The second-order valence-corrected chi connectivity index (χ2v) is 8.33. The quantitative estimate of drug-likeness (QED) is 0.800. The maximum atomic E-state index is 13.2. The number of rotatable bonds is 6. The van der Waals surface area contributed by atoms with Crippen LogP contribution in [0, 0.1) is 11.8 Å². The summed E-state index contributed by atoms with van der Waals surface area (Å²) in [4.78, 5) is 42.3. The van der Waals surface area contributed by atoms with E-state index in [1.54, 1.807) is 12.1 Å². The average Bonchev–Trinajstić information content (AvgIpc) is 3.31. The van der Waals surface area contributed by atoms with Crippen LogP contribution in [0.1, 0.15) is 56.3 Å². The molecule has 0 bridgehead atoms. The van der Waals surface area contributed by atoms with Gasteiger partial charge in [-0.15, -0.1) is 0 Å². The van der Waals surface area contributed by atoms with E-state index >= 15 is 0 Å². The van der Waals surface area contributed by atoms with Crippen molar-refractivity contribution in [2.45, 2.75) is 52.0 Å². The molecule has 0 spiro atoms. The number of piperidine rings is 1. The summed E-state index contributed by atoms with van der Waals surface area (Å²) in [6.45, 7) is 6.94. The molecule has 1 aromatic carbocycles. The molecule has 2 aliphatic heterocycles. The van der Waals surface area contributed by atoms with Gasteiger partial charge in [0.25, 0.3) is 5.91 Å². The summed E-state index contributed by atoms with van der Waals surface area (Å²) in [5.41, 5.74) is 0.559. The van der Waals surface area contributed by atoms with Gasteiger partial charge in [-0.05, 0) is 43.7 Å². The monoisotopic (exact) mass is 399 g/mol. The molecule has 29 heavy (non-hydrogen) atoms. The molecule has 2 fully saturated rings. The van der Waals surface area contributed by atoms with Gasteiger partial charge in [-0.3, -0.25) is 14.4 Å². The first-order valence-corrected chi connectivity index (χ1v) is 10.9. The zero-order chi connectivity index (χ0) is 20.8. The van der Waals surface area contributed by atoms with Crippen molar-refractivity contribution < 1.29 is 14.4 Å². The minimum atomic E-state index is -0.543. The number of hydrogen-bond donors (Lipinski definition) is 1. The molecule has 6 nitrogen and oxygen atoms in total. The van der Waals surface area contributed by atoms with Crippen molar-refractivity contribution in [2.75, 3.05) is 26.2 Å². The van der Waals surface area contributed by atoms with E-state index in [9.17, 15) is 14.4 Å². The van der Waals surface area contributed by atoms with E-state index in [2.05, 4.69) is 5.32 Å². The summed E-state index contributed by atoms with van der Waals surface area (Å²) in [7, 11) is 0. The molecule has 0 aromatic heterocycles. The molecule has 3 rings (SSSR count). The largest absolute Gasteiger partial charge is 0.342 e. The number of carbonyl (C=O) groups excluding carboxylic acids is 3. The van der Waals surface area contributed by atoms with Gasteiger partial charge in [0, 0.05) is 37.7 Å². The fourth-order valence-electron chi connectivity index (χ4n) is 4.24. The van der Waals surface area contributed by atoms with E-state index < -0.39 is 6.04 Å². The van der Waals surface area contributed by atoms with Crippen LogP contribution in [0.5, 0.6) is 0 Å². The Balaban J connectivity index is 1.60. The van der Waals surface area contributed by atoms with E-state index in [4.69, 9.17) is 0 Å². The number of likely N-dealkylation sites (tertiary alicyclic amines) is 2. The highest BCUT2D eigenvalue weighted by molar-refractivity contribution is 5.97. The first kappa shape index (κ1) is 21.3. The van der Waals surface area contributed by atoms with Crippen molar-refractivity contribution in [3.8, 4) is 0 Å². The molecule has 1 N–H and O–H groups in total. The number of benzene rings is 1. The van der Waals surface area contributed by atoms with E-state index in [1.807, 2.05) is 41.8 Å². The van der Waals surface area contributed by atoms with Gasteiger partial charge < -0.3 is 15.1 Å². The normalized spacial score (nSPS) is 19.7. The molecule has 1 aromatic rings. The Kier molecular flexibility index (Phi) is 7.29. The Hall–Kier alpha value is -2.37. The predicted molar refractivity (Wildman–Crippen MR) is 112 cm³/mol. The van der Waals surface area contributed by atoms with Crippen LogP contribution in [-0.2, 0) is 9.59 Å². The van der Waals surface area contributed by atoms with Gasteiger partial charge >= 0.3 is 0 Å². The highest BCUT2D eigenvalue weighted by atomic mass is 16.2. The Labute approximate surface area is 173 Å². The zero-order valence-corrected chi connectivity index (χ0v) is 17.6. The van der Waals surface area contributed by atoms with Crippen molar-refractivity contribution in [3.05, 3.63) is 35.9 Å². The standard InChI is InChI=1S/C23H33N3O3/c1-3-17(2)20(24-21(27)18-9-5-4-6-10-18)23(29)26-15-11-19(12-16-26)22(28)25-13-7-8-14-25/h4-6,9-10,17,19-20H,3,7-8,11-16H2,1-2H3,(H,24,27)/t17-,20-/m0/s1. The first-order valence-electron chi connectivity index (χ1n) is 10.9. The number of carbonyl (C=O) groups is 3. The number of amides is 3. The Morgan fingerprint density at radius 3 is 2.21 bits per heavy atom. The topological polar surface area (TPSA) is 69.7 Å². The summed E-state index contributed by atoms with van der Waals surface area (Å²) in [6, 6.07) is 8.46. The molecule has 0 aliphatic carbocycles. The van der Waals surface area contributed by atoms with Crippen LogP contribution in [0.15, 0.2) is 30.3 Å². The van der Waals surface area contributed by atoms with Crippen LogP contribution in [0.2, 0.25) is 0 Å². The predicted octanol–water partition coefficient (Wildman–Crippen LogP) is 2.69. The lowest BCUT2D eigenvalue weighted by molar-refractivity contribution is -0.141. The molecule has 158 valence electrons. The van der Waals surface area contributed by atoms with Crippen molar-refractivity contribution in [2.24, 2.45) is 11.8 Å². The number of nitrogens with zero attached hydrogens (tertiary/aromatic N) is 2. The van der Waals surface area contributed by atoms with E-state index in [-0.39, 0.29) is 29.6 Å². The average molecular weight is 400 g/mol. The van der Waals surface area contributed by atoms with E-state index in [0.29, 0.717) is 31.5 Å². The van der Waals surface area contributed by atoms with Crippen LogP contribution in [0.4, 0.5) is 0 Å². The molecule has 3 amide bonds. The highest BCUT2D eigenvalue weighted by Gasteiger charge is 2.35. The van der Waals surface area contributed by atoms with Crippen molar-refractivity contribution in [1.82, 2.24) is 15.1 Å². The highest BCUT2D eigenvalue weighted by Crippen LogP contribution is 2.23. The third-order valence-corrected chi connectivity index (χ3v) is 6.38. The maximum absolute atomic E-state index is 13.2. The van der Waals surface area contributed by atoms with Gasteiger partial charge in [0.1, 0.15) is 6.04 Å². The molecule has 2 heterocycles. The summed E-state index contributed by atoms with van der Waals surface area (Å²) in [5, 5.41) is 2.95. The lowest BCUT2D eigenvalue weighted by Crippen LogP contribution is -2.54. The van der Waals surface area contributed by atoms with Gasteiger partial charge in [-0.1, -0.05) is 38.5 Å². The molecule has 2 aliphatic rings. The van der Waals surface area contributed by atoms with Crippen LogP contribution in [0.25, 0.3) is 0 Å². The van der Waals surface area contributed by atoms with Gasteiger partial charge in [0.05, 0.1) is 0 Å². The Morgan fingerprint density at radius 2 is 1.62 bits per heavy atom. The Morgan fingerprint density at radius 1 is 1.00 bits per heavy atom. The molecule has 2 atom stereocenters. The number of nitrogens with one attached hydrogen (secondary N) is 1. The molecule has 6 heteroatoms. The van der Waals surface area contributed by atoms with Gasteiger partial charge in [-0.2, -0.15) is 0 Å². The van der Waals surface area contributed by atoms with E-state index in [1.165, 1.54) is 0 Å². The smallest absolute Gasteiger partial charge is 0.251 e. The zero-order valence-electron chi connectivity index (χ0n) is 17.6. The molecular formula is C23H33N3O3. The Bertz CT molecular complexity index is 707. The fraction of sp³-hybridized carbons (Fsp3) is 0.609. The van der Waals surface area contributed by atoms with Crippen molar-refractivity contribution in [1.29, 1.82) is 0 Å². The fourth-order valence-corrected chi connectivity index (χ4v) is 4.24. The van der Waals surface area contributed by atoms with Crippen LogP contribution in [0.3, 0.4) is 0 Å². The third kappa shape index (κ3) is 5.17. The lowest BCUT2D eigenvalue weighted by Gasteiger charge is -2.36. The van der Waals surface area contributed by atoms with Crippen molar-refractivity contribution >= 4 is 17.7 Å². The summed E-state index contributed by atoms with van der Waals surface area (Å²) in [6.07, 6.45) is 4.42. The minimum absolute atomic E-state index is 0.0260. The van der Waals surface area contributed by atoms with Crippen LogP contribution < -0.4 is 5.32 Å². The van der Waals surface area contributed by atoms with Gasteiger partial charge in [-0.25, -0.2) is 0 Å². The summed E-state index contributed by atoms with van der Waals surface area (Å²) >= 11 is 0. The maximum Gasteiger partial charge on any atom is 0.251 e. The number of hydrogen-bond acceptors (Lipinski definition) is 3. The van der Waals surface area contributed by atoms with Crippen molar-refractivity contribution in [3.63, 3.8) is 0 Å². The van der Waals surface area contributed by atoms with Crippen LogP contribution >= 0.6 is 0 Å². The molecule has 2 saturated heterocycles. The SMILES string of the molecule is CC[C@H](C)[C@H](NC(=O)c1ccccc1)C(=O)N1CCC(C(=O)N2CCCC2)CC1.